The van der Waals surface area contributed by atoms with Gasteiger partial charge in [-0.25, -0.2) is 22.4 Å². The molecule has 2 fully saturated rings. The number of rotatable bonds is 9. The lowest BCUT2D eigenvalue weighted by Crippen LogP contribution is -2.51. The summed E-state index contributed by atoms with van der Waals surface area (Å²) in [6, 6.07) is 33.9. The van der Waals surface area contributed by atoms with Gasteiger partial charge in [0.15, 0.2) is 0 Å². The molecule has 6 aromatic carbocycles. The van der Waals surface area contributed by atoms with E-state index in [-0.39, 0.29) is 80.6 Å². The Labute approximate surface area is 398 Å². The molecule has 14 heteroatoms. The summed E-state index contributed by atoms with van der Waals surface area (Å²) in [4.78, 5) is 40.1. The summed E-state index contributed by atoms with van der Waals surface area (Å²) in [6.07, 6.45) is -2.54. The Hall–Kier alpha value is -7.71. The summed E-state index contributed by atoms with van der Waals surface area (Å²) in [6.45, 7) is 5.80. The fraction of sp³-hybridized carbons (Fsp3) is 0.218. The van der Waals surface area contributed by atoms with Crippen molar-refractivity contribution >= 4 is 39.8 Å². The van der Waals surface area contributed by atoms with Crippen molar-refractivity contribution in [3.8, 4) is 44.5 Å². The molecular weight excluding hydrogens is 889 g/mol. The number of likely N-dealkylation sites (tertiary alicyclic amines) is 2. The number of alkyl carbamates (subject to hydrolysis) is 1. The first-order valence-corrected chi connectivity index (χ1v) is 22.3. The SMILES string of the molecule is [2H]c1c(CN)oc2c(-c3ccc(F)cc3)cc(-c3ccc(C(=O)N4CC(F)C4)cc3)cc12.[2H]c1c(CNC(=O)OC(C)(C)C)oc2c(-c3ccc(F)cc3)cc(-c3ccc(C(=O)N4CC(F)C4)cc3)cc12. The number of carbonyl (C=O) groups excluding carboxylic acids is 3. The molecule has 0 unspecified atom stereocenters. The second kappa shape index (κ2) is 19.1. The number of fused-ring (bicyclic) bond motifs is 2. The van der Waals surface area contributed by atoms with Gasteiger partial charge >= 0.3 is 6.09 Å². The van der Waals surface area contributed by atoms with Crippen LogP contribution in [0.15, 0.2) is 142 Å². The molecule has 69 heavy (non-hydrogen) atoms. The molecular formula is C55H48F4N4O6. The van der Waals surface area contributed by atoms with Crippen LogP contribution in [-0.4, -0.2) is 71.8 Å². The molecule has 2 aromatic heterocycles. The van der Waals surface area contributed by atoms with Crippen molar-refractivity contribution in [2.24, 2.45) is 5.73 Å². The molecule has 4 heterocycles. The molecule has 3 amide bonds. The van der Waals surface area contributed by atoms with Gasteiger partial charge < -0.3 is 34.4 Å². The lowest BCUT2D eigenvalue weighted by Gasteiger charge is -2.34. The van der Waals surface area contributed by atoms with E-state index in [1.807, 2.05) is 36.4 Å². The van der Waals surface area contributed by atoms with E-state index in [0.29, 0.717) is 50.0 Å². The van der Waals surface area contributed by atoms with Crippen molar-refractivity contribution in [1.29, 1.82) is 0 Å². The number of nitrogens with two attached hydrogens (primary N) is 1. The summed E-state index contributed by atoms with van der Waals surface area (Å²) in [5.41, 5.74) is 13.0. The number of amides is 3. The average molecular weight is 939 g/mol. The predicted octanol–water partition coefficient (Wildman–Crippen LogP) is 11.9. The average Bonchev–Trinajstić information content (AvgIpc) is 3.84. The van der Waals surface area contributed by atoms with Crippen molar-refractivity contribution in [2.75, 3.05) is 26.2 Å². The maximum Gasteiger partial charge on any atom is 0.408 e. The quantitative estimate of drug-likeness (QED) is 0.138. The Morgan fingerprint density at radius 2 is 1.01 bits per heavy atom. The zero-order valence-electron chi connectivity index (χ0n) is 39.9. The zero-order valence-corrected chi connectivity index (χ0v) is 37.9. The highest BCUT2D eigenvalue weighted by atomic mass is 19.1. The third kappa shape index (κ3) is 10.4. The van der Waals surface area contributed by atoms with Crippen LogP contribution in [0.4, 0.5) is 22.4 Å². The lowest BCUT2D eigenvalue weighted by atomic mass is 9.96. The number of carbonyl (C=O) groups is 3. The first kappa shape index (κ1) is 43.8. The van der Waals surface area contributed by atoms with Crippen molar-refractivity contribution in [2.45, 2.75) is 51.8 Å². The summed E-state index contributed by atoms with van der Waals surface area (Å²) in [5.74, 6) is -0.506. The molecule has 0 saturated carbocycles. The van der Waals surface area contributed by atoms with E-state index < -0.39 is 24.0 Å². The van der Waals surface area contributed by atoms with Crippen LogP contribution in [0.25, 0.3) is 66.4 Å². The first-order valence-electron chi connectivity index (χ1n) is 23.3. The summed E-state index contributed by atoms with van der Waals surface area (Å²) in [7, 11) is 0. The van der Waals surface area contributed by atoms with Crippen molar-refractivity contribution < 1.29 is 48.3 Å². The molecule has 0 atom stereocenters. The van der Waals surface area contributed by atoms with Gasteiger partial charge in [0, 0.05) is 33.0 Å². The second-order valence-electron chi connectivity index (χ2n) is 17.9. The van der Waals surface area contributed by atoms with Crippen LogP contribution in [0.2, 0.25) is 0 Å². The van der Waals surface area contributed by atoms with Crippen LogP contribution >= 0.6 is 0 Å². The number of nitrogens with zero attached hydrogens (tertiary/aromatic N) is 2. The Kier molecular flexibility index (Phi) is 12.1. The van der Waals surface area contributed by atoms with E-state index in [4.69, 9.17) is 22.0 Å². The molecule has 10 nitrogen and oxygen atoms in total. The highest BCUT2D eigenvalue weighted by Crippen LogP contribution is 2.38. The third-order valence-electron chi connectivity index (χ3n) is 11.6. The van der Waals surface area contributed by atoms with Crippen molar-refractivity contribution in [1.82, 2.24) is 15.1 Å². The first-order chi connectivity index (χ1) is 33.9. The number of benzene rings is 6. The second-order valence-corrected chi connectivity index (χ2v) is 17.9. The maximum atomic E-state index is 13.7. The molecule has 2 saturated heterocycles. The van der Waals surface area contributed by atoms with Gasteiger partial charge in [0.2, 0.25) is 0 Å². The van der Waals surface area contributed by atoms with E-state index in [9.17, 15) is 31.9 Å². The van der Waals surface area contributed by atoms with Gasteiger partial charge in [-0.1, -0.05) is 48.5 Å². The highest BCUT2D eigenvalue weighted by Gasteiger charge is 2.32. The summed E-state index contributed by atoms with van der Waals surface area (Å²) >= 11 is 0. The van der Waals surface area contributed by atoms with Crippen molar-refractivity contribution in [3.63, 3.8) is 0 Å². The molecule has 0 aliphatic carbocycles. The number of halogens is 4. The van der Waals surface area contributed by atoms with Crippen LogP contribution < -0.4 is 11.1 Å². The van der Waals surface area contributed by atoms with Gasteiger partial charge in [0.1, 0.15) is 52.3 Å². The molecule has 8 aromatic rings. The van der Waals surface area contributed by atoms with Crippen molar-refractivity contribution in [3.05, 3.63) is 168 Å². The minimum absolute atomic E-state index is 0.0480. The molecule has 10 rings (SSSR count). The van der Waals surface area contributed by atoms with Gasteiger partial charge in [0.25, 0.3) is 11.8 Å². The van der Waals surface area contributed by atoms with Gasteiger partial charge in [-0.15, -0.1) is 0 Å². The normalized spacial score (nSPS) is 14.4. The number of alkyl halides is 2. The van der Waals surface area contributed by atoms with E-state index in [1.54, 1.807) is 81.4 Å². The molecule has 2 aliphatic rings. The maximum absolute atomic E-state index is 13.7. The van der Waals surface area contributed by atoms with Crippen LogP contribution in [0.1, 0.15) is 55.7 Å². The van der Waals surface area contributed by atoms with Gasteiger partial charge in [0.05, 0.1) is 42.0 Å². The number of nitrogens with one attached hydrogen (secondary N) is 1. The standard InChI is InChI=1S/C30H28F2N2O4.C25H20F2N2O2/c1-30(2,3)38-29(36)33-15-25-13-22-12-21(14-26(27(22)37-25)19-8-10-23(31)11-9-19)18-4-6-20(7-5-18)28(35)34-16-24(32)17-34;26-20-7-5-16(6-8-20)23-11-18(9-19-10-22(12-28)31-24(19)23)15-1-3-17(4-2-15)25(30)29-13-21(27)14-29/h4-14,24H,15-17H2,1-3H3,(H,33,36);1-11,21H,12-14,28H2/i13D;10D. The van der Waals surface area contributed by atoms with E-state index in [1.165, 1.54) is 34.1 Å². The van der Waals surface area contributed by atoms with Gasteiger partial charge in [-0.3, -0.25) is 9.59 Å². The molecule has 0 radical (unpaired) electrons. The van der Waals surface area contributed by atoms with E-state index in [2.05, 4.69) is 5.32 Å². The third-order valence-corrected chi connectivity index (χ3v) is 11.6. The Morgan fingerprint density at radius 3 is 1.41 bits per heavy atom. The summed E-state index contributed by atoms with van der Waals surface area (Å²) < 4.78 is 87.8. The number of furan rings is 2. The summed E-state index contributed by atoms with van der Waals surface area (Å²) in [5, 5.41) is 3.75. The Morgan fingerprint density at radius 1 is 0.623 bits per heavy atom. The monoisotopic (exact) mass is 938 g/mol. The minimum Gasteiger partial charge on any atom is -0.459 e. The molecule has 352 valence electrons. The number of ether oxygens (including phenoxy) is 1. The minimum atomic E-state index is -0.969. The van der Waals surface area contributed by atoms with Crippen LogP contribution in [-0.2, 0) is 17.8 Å². The zero-order chi connectivity index (χ0) is 50.3. The van der Waals surface area contributed by atoms with E-state index >= 15 is 0 Å². The predicted molar refractivity (Wildman–Crippen MR) is 257 cm³/mol. The highest BCUT2D eigenvalue weighted by molar-refractivity contribution is 6.00. The molecule has 2 aliphatic heterocycles. The fourth-order valence-corrected chi connectivity index (χ4v) is 8.08. The fourth-order valence-electron chi connectivity index (χ4n) is 8.08. The van der Waals surface area contributed by atoms with Crippen LogP contribution in [0.3, 0.4) is 0 Å². The molecule has 0 spiro atoms. The Balaban J connectivity index is 0.000000179. The number of hydrogen-bond donors (Lipinski definition) is 2. The van der Waals surface area contributed by atoms with Gasteiger partial charge in [-0.2, -0.15) is 0 Å². The van der Waals surface area contributed by atoms with Crippen LogP contribution in [0.5, 0.6) is 0 Å². The molecule has 0 bridgehead atoms. The van der Waals surface area contributed by atoms with Gasteiger partial charge in [-0.05, 0) is 139 Å². The topological polar surface area (TPSA) is 131 Å². The lowest BCUT2D eigenvalue weighted by molar-refractivity contribution is 0.0397. The molecule has 3 N–H and O–H groups in total. The van der Waals surface area contributed by atoms with E-state index in [0.717, 1.165) is 33.4 Å². The largest absolute Gasteiger partial charge is 0.459 e. The van der Waals surface area contributed by atoms with Crippen LogP contribution in [0, 0.1) is 11.6 Å². The number of hydrogen-bond acceptors (Lipinski definition) is 7. The smallest absolute Gasteiger partial charge is 0.408 e. The Bertz CT molecular complexity index is 3290.